The molecule has 0 bridgehead atoms. The Hall–Kier alpha value is -0.0500. The van der Waals surface area contributed by atoms with E-state index in [1.807, 2.05) is 0 Å². The van der Waals surface area contributed by atoms with E-state index in [0.717, 1.165) is 3.92 Å². The fourth-order valence-electron chi connectivity index (χ4n) is 3.27. The van der Waals surface area contributed by atoms with Crippen molar-refractivity contribution < 1.29 is 0 Å². The third kappa shape index (κ3) is 3.53. The molecule has 1 heteroatoms. The van der Waals surface area contributed by atoms with Crippen molar-refractivity contribution in [1.82, 2.24) is 0 Å². The molecule has 0 spiro atoms. The van der Waals surface area contributed by atoms with Crippen LogP contribution in [0.5, 0.6) is 0 Å². The molecule has 0 nitrogen and oxygen atoms in total. The molecule has 2 atom stereocenters. The average Bonchev–Trinajstić information content (AvgIpc) is 2.35. The minimum absolute atomic E-state index is 0.406. The van der Waals surface area contributed by atoms with Crippen LogP contribution in [-0.4, -0.2) is 3.92 Å². The highest BCUT2D eigenvalue weighted by molar-refractivity contribution is 14.1. The van der Waals surface area contributed by atoms with E-state index in [9.17, 15) is 0 Å². The molecule has 0 saturated carbocycles. The maximum Gasteiger partial charge on any atom is 0.0158 e. The topological polar surface area (TPSA) is 0 Å². The summed E-state index contributed by atoms with van der Waals surface area (Å²) in [5, 5.41) is 0. The van der Waals surface area contributed by atoms with E-state index >= 15 is 0 Å². The van der Waals surface area contributed by atoms with E-state index in [1.54, 1.807) is 11.1 Å². The van der Waals surface area contributed by atoms with Crippen LogP contribution in [0, 0.1) is 5.41 Å². The standard InChI is InChI=1S/C18H27I/c1-17(2,3)16(19)11-13-18(4)12-7-9-14-8-5-6-10-15(14)18/h5-6,8,10,16H,7,9,11-13H2,1-4H3/t16-,18+/m0/s1. The van der Waals surface area contributed by atoms with Crippen molar-refractivity contribution >= 4 is 22.6 Å². The van der Waals surface area contributed by atoms with Gasteiger partial charge in [0.1, 0.15) is 0 Å². The molecule has 19 heavy (non-hydrogen) atoms. The first-order valence-electron chi connectivity index (χ1n) is 7.55. The van der Waals surface area contributed by atoms with Crippen LogP contribution in [0.15, 0.2) is 24.3 Å². The van der Waals surface area contributed by atoms with Gasteiger partial charge in [0.05, 0.1) is 0 Å². The van der Waals surface area contributed by atoms with Crippen LogP contribution in [0.1, 0.15) is 64.5 Å². The molecule has 0 radical (unpaired) electrons. The first-order valence-corrected chi connectivity index (χ1v) is 8.80. The van der Waals surface area contributed by atoms with Crippen molar-refractivity contribution in [3.05, 3.63) is 35.4 Å². The van der Waals surface area contributed by atoms with Crippen molar-refractivity contribution in [2.75, 3.05) is 0 Å². The van der Waals surface area contributed by atoms with E-state index in [0.29, 0.717) is 10.8 Å². The third-order valence-corrected chi connectivity index (χ3v) is 7.22. The normalized spacial score (nSPS) is 24.9. The lowest BCUT2D eigenvalue weighted by Crippen LogP contribution is -2.30. The Morgan fingerprint density at radius 1 is 1.26 bits per heavy atom. The number of aryl methyl sites for hydroxylation is 1. The van der Waals surface area contributed by atoms with E-state index in [1.165, 1.54) is 32.1 Å². The molecule has 0 heterocycles. The molecule has 1 aromatic rings. The summed E-state index contributed by atoms with van der Waals surface area (Å²) in [5.74, 6) is 0. The van der Waals surface area contributed by atoms with Crippen molar-refractivity contribution in [3.8, 4) is 0 Å². The molecule has 2 rings (SSSR count). The van der Waals surface area contributed by atoms with Gasteiger partial charge in [0.15, 0.2) is 0 Å². The molecule has 0 aliphatic heterocycles. The number of hydrogen-bond donors (Lipinski definition) is 0. The van der Waals surface area contributed by atoms with Crippen molar-refractivity contribution in [3.63, 3.8) is 0 Å². The predicted octanol–water partition coefficient (Wildman–Crippen LogP) is 5.91. The van der Waals surface area contributed by atoms with E-state index in [4.69, 9.17) is 0 Å². The number of alkyl halides is 1. The van der Waals surface area contributed by atoms with Crippen LogP contribution in [0.3, 0.4) is 0 Å². The van der Waals surface area contributed by atoms with Crippen LogP contribution >= 0.6 is 22.6 Å². The number of hydrogen-bond acceptors (Lipinski definition) is 0. The SMILES string of the molecule is CC(C)(C)[C@@H](I)CC[C@@]1(C)CCCc2ccccc21. The fourth-order valence-corrected chi connectivity index (χ4v) is 3.58. The average molecular weight is 370 g/mol. The quantitative estimate of drug-likeness (QED) is 0.458. The van der Waals surface area contributed by atoms with Gasteiger partial charge in [-0.25, -0.2) is 0 Å². The first kappa shape index (κ1) is 15.3. The number of rotatable bonds is 3. The number of halogens is 1. The van der Waals surface area contributed by atoms with Gasteiger partial charge in [-0.2, -0.15) is 0 Å². The summed E-state index contributed by atoms with van der Waals surface area (Å²) >= 11 is 2.65. The van der Waals surface area contributed by atoms with Crippen LogP contribution in [0.2, 0.25) is 0 Å². The predicted molar refractivity (Wildman–Crippen MR) is 93.2 cm³/mol. The lowest BCUT2D eigenvalue weighted by atomic mass is 9.68. The maximum atomic E-state index is 2.65. The summed E-state index contributed by atoms with van der Waals surface area (Å²) in [5.41, 5.74) is 4.05. The van der Waals surface area contributed by atoms with Crippen LogP contribution < -0.4 is 0 Å². The van der Waals surface area contributed by atoms with Gasteiger partial charge in [-0.05, 0) is 54.1 Å². The molecule has 0 fully saturated rings. The zero-order chi connectivity index (χ0) is 14.1. The summed E-state index contributed by atoms with van der Waals surface area (Å²) in [7, 11) is 0. The lowest BCUT2D eigenvalue weighted by molar-refractivity contribution is 0.319. The lowest BCUT2D eigenvalue weighted by Gasteiger charge is -2.38. The largest absolute Gasteiger partial charge is 0.0820 e. The van der Waals surface area contributed by atoms with Crippen LogP contribution in [0.4, 0.5) is 0 Å². The van der Waals surface area contributed by atoms with Gasteiger partial charge in [-0.1, -0.05) is 74.6 Å². The van der Waals surface area contributed by atoms with Gasteiger partial charge in [-0.15, -0.1) is 0 Å². The molecular formula is C18H27I. The molecule has 1 aliphatic carbocycles. The number of benzene rings is 1. The summed E-state index contributed by atoms with van der Waals surface area (Å²) in [6, 6.07) is 9.11. The molecule has 1 aliphatic rings. The van der Waals surface area contributed by atoms with Gasteiger partial charge in [-0.3, -0.25) is 0 Å². The Morgan fingerprint density at radius 2 is 1.95 bits per heavy atom. The zero-order valence-corrected chi connectivity index (χ0v) is 15.0. The Balaban J connectivity index is 2.12. The van der Waals surface area contributed by atoms with Crippen LogP contribution in [0.25, 0.3) is 0 Å². The number of fused-ring (bicyclic) bond motifs is 1. The highest BCUT2D eigenvalue weighted by atomic mass is 127. The summed E-state index contributed by atoms with van der Waals surface area (Å²) in [6.45, 7) is 9.57. The Labute approximate surface area is 132 Å². The Bertz CT molecular complexity index is 430. The molecule has 106 valence electrons. The van der Waals surface area contributed by atoms with Gasteiger partial charge < -0.3 is 0 Å². The molecule has 0 amide bonds. The minimum atomic E-state index is 0.406. The highest BCUT2D eigenvalue weighted by Gasteiger charge is 2.33. The molecule has 0 aromatic heterocycles. The Morgan fingerprint density at radius 3 is 2.63 bits per heavy atom. The second-order valence-electron chi connectivity index (χ2n) is 7.44. The fraction of sp³-hybridized carbons (Fsp3) is 0.667. The molecule has 1 aromatic carbocycles. The molecule has 0 N–H and O–H groups in total. The molecule has 0 unspecified atom stereocenters. The summed E-state index contributed by atoms with van der Waals surface area (Å²) in [6.07, 6.45) is 6.65. The van der Waals surface area contributed by atoms with Gasteiger partial charge in [0.2, 0.25) is 0 Å². The van der Waals surface area contributed by atoms with Crippen LogP contribution in [-0.2, 0) is 11.8 Å². The van der Waals surface area contributed by atoms with E-state index in [-0.39, 0.29) is 0 Å². The highest BCUT2D eigenvalue weighted by Crippen LogP contribution is 2.42. The Kier molecular flexibility index (Phi) is 4.64. The van der Waals surface area contributed by atoms with Crippen molar-refractivity contribution in [2.45, 2.75) is 69.1 Å². The van der Waals surface area contributed by atoms with Gasteiger partial charge in [0, 0.05) is 3.92 Å². The van der Waals surface area contributed by atoms with Crippen molar-refractivity contribution in [2.24, 2.45) is 5.41 Å². The second-order valence-corrected chi connectivity index (χ2v) is 8.95. The minimum Gasteiger partial charge on any atom is -0.0820 e. The van der Waals surface area contributed by atoms with Gasteiger partial charge in [0.25, 0.3) is 0 Å². The monoisotopic (exact) mass is 370 g/mol. The maximum absolute atomic E-state index is 2.65. The second kappa shape index (κ2) is 5.75. The van der Waals surface area contributed by atoms with E-state index < -0.39 is 0 Å². The smallest absolute Gasteiger partial charge is 0.0158 e. The van der Waals surface area contributed by atoms with Gasteiger partial charge >= 0.3 is 0 Å². The summed E-state index contributed by atoms with van der Waals surface area (Å²) < 4.78 is 0.760. The molecular weight excluding hydrogens is 343 g/mol. The zero-order valence-electron chi connectivity index (χ0n) is 12.8. The van der Waals surface area contributed by atoms with E-state index in [2.05, 4.69) is 74.6 Å². The third-order valence-electron chi connectivity index (χ3n) is 4.73. The first-order chi connectivity index (χ1) is 8.83. The van der Waals surface area contributed by atoms with Crippen molar-refractivity contribution in [1.29, 1.82) is 0 Å². The summed E-state index contributed by atoms with van der Waals surface area (Å²) in [4.78, 5) is 0. The molecule has 0 saturated heterocycles.